The van der Waals surface area contributed by atoms with Gasteiger partial charge in [0.2, 0.25) is 5.91 Å². The Hall–Kier alpha value is -0.505. The van der Waals surface area contributed by atoms with Crippen molar-refractivity contribution in [1.29, 1.82) is 0 Å². The van der Waals surface area contributed by atoms with Gasteiger partial charge in [0.15, 0.2) is 0 Å². The second-order valence-corrected chi connectivity index (χ2v) is 1.09. The minimum atomic E-state index is -0.398. The lowest BCUT2D eigenvalue weighted by molar-refractivity contribution is -0.118. The van der Waals surface area contributed by atoms with Crippen LogP contribution in [-0.2, 0) is 9.45 Å². The zero-order chi connectivity index (χ0) is 5.70. The molecule has 0 heterocycles. The summed E-state index contributed by atoms with van der Waals surface area (Å²) in [4.78, 5) is 9.84. The van der Waals surface area contributed by atoms with Crippen LogP contribution in [0.1, 0.15) is 6.42 Å². The monoisotopic (exact) mass is 99.0 g/mol. The predicted molar refractivity (Wildman–Crippen MR) is 25.5 cm³/mol. The molecule has 2 radical (unpaired) electrons. The largest absolute Gasteiger partial charge is 0.447 e. The van der Waals surface area contributed by atoms with Crippen molar-refractivity contribution in [2.24, 2.45) is 5.73 Å². The van der Waals surface area contributed by atoms with Crippen LogP contribution < -0.4 is 5.73 Å². The van der Waals surface area contributed by atoms with Crippen LogP contribution in [0.5, 0.6) is 0 Å². The van der Waals surface area contributed by atoms with Crippen molar-refractivity contribution in [2.75, 3.05) is 6.61 Å². The third-order valence-electron chi connectivity index (χ3n) is 0.466. The average molecular weight is 98.9 g/mol. The van der Waals surface area contributed by atoms with Gasteiger partial charge in [0.25, 0.3) is 8.05 Å². The van der Waals surface area contributed by atoms with Crippen LogP contribution in [0.2, 0.25) is 0 Å². The molecule has 0 aliphatic carbocycles. The van der Waals surface area contributed by atoms with Crippen LogP contribution in [0.4, 0.5) is 0 Å². The summed E-state index contributed by atoms with van der Waals surface area (Å²) in [6.45, 7) is 0.204. The summed E-state index contributed by atoms with van der Waals surface area (Å²) < 4.78 is 4.05. The quantitative estimate of drug-likeness (QED) is 0.459. The SMILES string of the molecule is [B]OCCC(N)=O. The van der Waals surface area contributed by atoms with Gasteiger partial charge in [-0.15, -0.1) is 0 Å². The zero-order valence-electron chi connectivity index (χ0n) is 3.89. The zero-order valence-corrected chi connectivity index (χ0v) is 3.89. The lowest BCUT2D eigenvalue weighted by Gasteiger charge is -1.90. The van der Waals surface area contributed by atoms with Gasteiger partial charge in [0, 0.05) is 13.0 Å². The number of amides is 1. The van der Waals surface area contributed by atoms with Gasteiger partial charge in [-0.1, -0.05) is 0 Å². The van der Waals surface area contributed by atoms with E-state index >= 15 is 0 Å². The normalized spacial score (nSPS) is 8.57. The molecule has 0 rings (SSSR count). The molecule has 0 spiro atoms. The Morgan fingerprint density at radius 1 is 1.86 bits per heavy atom. The van der Waals surface area contributed by atoms with Gasteiger partial charge in [0.1, 0.15) is 0 Å². The predicted octanol–water partition coefficient (Wildman–Crippen LogP) is -1.04. The number of hydrogen-bond acceptors (Lipinski definition) is 2. The summed E-state index contributed by atoms with van der Waals surface area (Å²) in [5, 5.41) is 0. The Labute approximate surface area is 43.3 Å². The second-order valence-electron chi connectivity index (χ2n) is 1.09. The molecule has 4 heteroatoms. The molecule has 0 aromatic carbocycles. The summed E-state index contributed by atoms with van der Waals surface area (Å²) in [6, 6.07) is 0. The Morgan fingerprint density at radius 2 is 2.43 bits per heavy atom. The van der Waals surface area contributed by atoms with E-state index in [9.17, 15) is 4.79 Å². The highest BCUT2D eigenvalue weighted by molar-refractivity contribution is 5.98. The van der Waals surface area contributed by atoms with Gasteiger partial charge >= 0.3 is 0 Å². The molecule has 3 nitrogen and oxygen atoms in total. The van der Waals surface area contributed by atoms with E-state index in [0.29, 0.717) is 0 Å². The Morgan fingerprint density at radius 3 is 2.57 bits per heavy atom. The first kappa shape index (κ1) is 6.49. The molecule has 0 aromatic rings. The fourth-order valence-corrected chi connectivity index (χ4v) is 0.160. The van der Waals surface area contributed by atoms with Gasteiger partial charge in [-0.2, -0.15) is 0 Å². The van der Waals surface area contributed by atoms with Crippen molar-refractivity contribution in [3.05, 3.63) is 0 Å². The number of primary amides is 1. The lowest BCUT2D eigenvalue weighted by Crippen LogP contribution is -2.12. The second kappa shape index (κ2) is 3.68. The van der Waals surface area contributed by atoms with Crippen molar-refractivity contribution in [3.8, 4) is 0 Å². The van der Waals surface area contributed by atoms with Crippen LogP contribution in [0.3, 0.4) is 0 Å². The van der Waals surface area contributed by atoms with Gasteiger partial charge in [-0.3, -0.25) is 4.79 Å². The minimum absolute atomic E-state index is 0.191. The average Bonchev–Trinajstić information content (AvgIpc) is 1.61. The fourth-order valence-electron chi connectivity index (χ4n) is 0.160. The lowest BCUT2D eigenvalue weighted by atomic mass is 10.4. The summed E-state index contributed by atoms with van der Waals surface area (Å²) in [5.41, 5.74) is 4.70. The number of rotatable bonds is 3. The summed E-state index contributed by atoms with van der Waals surface area (Å²) in [6.07, 6.45) is 0.191. The fraction of sp³-hybridized carbons (Fsp3) is 0.667. The first-order chi connectivity index (χ1) is 3.27. The standard InChI is InChI=1S/C3H6BNO2/c4-7-2-1-3(5)6/h1-2H2,(H2,5,6). The highest BCUT2D eigenvalue weighted by Crippen LogP contribution is 1.73. The van der Waals surface area contributed by atoms with Crippen LogP contribution in [0.25, 0.3) is 0 Å². The summed E-state index contributed by atoms with van der Waals surface area (Å²) in [7, 11) is 4.57. The first-order valence-electron chi connectivity index (χ1n) is 1.87. The van der Waals surface area contributed by atoms with Gasteiger partial charge in [-0.05, 0) is 0 Å². The Bertz CT molecular complexity index is 66.0. The minimum Gasteiger partial charge on any atom is -0.447 e. The number of carbonyl (C=O) groups excluding carboxylic acids is 1. The van der Waals surface area contributed by atoms with Crippen LogP contribution in [0, 0.1) is 0 Å². The third-order valence-corrected chi connectivity index (χ3v) is 0.466. The van der Waals surface area contributed by atoms with E-state index in [2.05, 4.69) is 12.7 Å². The van der Waals surface area contributed by atoms with E-state index in [1.807, 2.05) is 0 Å². The van der Waals surface area contributed by atoms with Gasteiger partial charge < -0.3 is 10.4 Å². The summed E-state index contributed by atoms with van der Waals surface area (Å²) >= 11 is 0. The third kappa shape index (κ3) is 5.49. The molecule has 38 valence electrons. The molecule has 2 N–H and O–H groups in total. The maximum atomic E-state index is 9.84. The molecule has 0 bridgehead atoms. The molecule has 0 saturated carbocycles. The van der Waals surface area contributed by atoms with Crippen molar-refractivity contribution in [2.45, 2.75) is 6.42 Å². The number of nitrogens with two attached hydrogens (primary N) is 1. The van der Waals surface area contributed by atoms with E-state index in [-0.39, 0.29) is 13.0 Å². The molecular formula is C3H6BNO2. The first-order valence-corrected chi connectivity index (χ1v) is 1.87. The van der Waals surface area contributed by atoms with Crippen molar-refractivity contribution < 1.29 is 9.45 Å². The van der Waals surface area contributed by atoms with Crippen LogP contribution in [-0.4, -0.2) is 20.6 Å². The van der Waals surface area contributed by atoms with Gasteiger partial charge in [-0.25, -0.2) is 0 Å². The molecule has 1 amide bonds. The van der Waals surface area contributed by atoms with E-state index in [1.54, 1.807) is 0 Å². The highest BCUT2D eigenvalue weighted by atomic mass is 16.4. The number of carbonyl (C=O) groups is 1. The molecule has 0 aliphatic rings. The van der Waals surface area contributed by atoms with Crippen LogP contribution >= 0.6 is 0 Å². The smallest absolute Gasteiger partial charge is 0.282 e. The van der Waals surface area contributed by atoms with Crippen LogP contribution in [0.15, 0.2) is 0 Å². The van der Waals surface area contributed by atoms with E-state index in [4.69, 9.17) is 5.73 Å². The van der Waals surface area contributed by atoms with Gasteiger partial charge in [0.05, 0.1) is 0 Å². The molecule has 0 saturated heterocycles. The van der Waals surface area contributed by atoms with Crippen molar-refractivity contribution >= 4 is 14.0 Å². The Balaban J connectivity index is 2.82. The molecule has 0 fully saturated rings. The molecule has 7 heavy (non-hydrogen) atoms. The topological polar surface area (TPSA) is 52.3 Å². The Kier molecular flexibility index (Phi) is 3.41. The highest BCUT2D eigenvalue weighted by Gasteiger charge is 1.88. The molecule has 0 atom stereocenters. The molecule has 0 aromatic heterocycles. The molecule has 0 unspecified atom stereocenters. The van der Waals surface area contributed by atoms with E-state index in [0.717, 1.165) is 0 Å². The number of hydrogen-bond donors (Lipinski definition) is 1. The molecular weight excluding hydrogens is 92.8 g/mol. The maximum Gasteiger partial charge on any atom is 0.282 e. The molecule has 0 aliphatic heterocycles. The van der Waals surface area contributed by atoms with E-state index < -0.39 is 5.91 Å². The van der Waals surface area contributed by atoms with E-state index in [1.165, 1.54) is 0 Å². The summed E-state index contributed by atoms with van der Waals surface area (Å²) in [5.74, 6) is -0.398. The van der Waals surface area contributed by atoms with Crippen molar-refractivity contribution in [1.82, 2.24) is 0 Å². The van der Waals surface area contributed by atoms with Crippen molar-refractivity contribution in [3.63, 3.8) is 0 Å². The maximum absolute atomic E-state index is 9.84.